The number of urea groups is 1. The summed E-state index contributed by atoms with van der Waals surface area (Å²) in [6, 6.07) is 22.7. The molecule has 6 rings (SSSR count). The molecule has 2 amide bonds. The van der Waals surface area contributed by atoms with E-state index >= 15 is 0 Å². The van der Waals surface area contributed by atoms with E-state index in [2.05, 4.69) is 31.1 Å². The predicted molar refractivity (Wildman–Crippen MR) is 305 cm³/mol. The molecular weight excluding hydrogens is 1130 g/mol. The van der Waals surface area contributed by atoms with E-state index in [0.29, 0.717) is 64.6 Å². The lowest BCUT2D eigenvalue weighted by Gasteiger charge is -2.17. The molecule has 6 aromatic carbocycles. The highest BCUT2D eigenvalue weighted by atomic mass is 32.2. The number of rotatable bonds is 27. The summed E-state index contributed by atoms with van der Waals surface area (Å²) in [5.74, 6) is -2.43. The van der Waals surface area contributed by atoms with Crippen molar-refractivity contribution in [3.63, 3.8) is 0 Å². The molecule has 0 radical (unpaired) electrons. The maximum absolute atomic E-state index is 13.0. The first kappa shape index (κ1) is 70.0. The second kappa shape index (κ2) is 36.3. The zero-order valence-electron chi connectivity index (χ0n) is 44.7. The second-order valence-electron chi connectivity index (χ2n) is 17.2. The third-order valence-electron chi connectivity index (χ3n) is 11.3. The van der Waals surface area contributed by atoms with Crippen molar-refractivity contribution in [2.75, 3.05) is 129 Å². The Bertz CT molecular complexity index is 3190. The molecular formula is C52H69N9O20S2. The summed E-state index contributed by atoms with van der Waals surface area (Å²) in [5, 5.41) is 128. The summed E-state index contributed by atoms with van der Waals surface area (Å²) in [5.41, 5.74) is -0.387. The molecule has 0 fully saturated rings. The highest BCUT2D eigenvalue weighted by Crippen LogP contribution is 2.43. The maximum Gasteiger partial charge on any atom is 0.335 e. The molecule has 31 heteroatoms. The van der Waals surface area contributed by atoms with Crippen LogP contribution in [-0.2, 0) is 20.2 Å². The Balaban J connectivity index is 0.000000489. The van der Waals surface area contributed by atoms with Crippen LogP contribution in [0.25, 0.3) is 21.5 Å². The highest BCUT2D eigenvalue weighted by molar-refractivity contribution is 7.86. The standard InChI is InChI=1S/C34H24N6O11S2.3C6H15NO3/c41-31-25-12-10-23(14-19(25)16-27(52(46,47)48)29(31)39-37-21-4-2-1-3-5-21)35-34(45)36-24-11-13-26-20(15-24)17-28(53(49,50)51)30(32(26)42)40-38-22-8-6-18(7-9-22)33(43)44;3*8-4-1-7(2-5-9)3-6-10/h1-17,41-42H,(H,43,44)(H2,35,36,45)(H,46,47,48)(H,49,50,51);3*8-10H,1-6H2. The fourth-order valence-electron chi connectivity index (χ4n) is 7.40. The van der Waals surface area contributed by atoms with Crippen molar-refractivity contribution in [2.24, 2.45) is 20.5 Å². The quantitative estimate of drug-likeness (QED) is 0.0260. The molecule has 6 aromatic rings. The number of aliphatic hydroxyl groups is 9. The van der Waals surface area contributed by atoms with Crippen molar-refractivity contribution in [1.29, 1.82) is 0 Å². The Labute approximate surface area is 477 Å². The lowest BCUT2D eigenvalue weighted by atomic mass is 10.1. The minimum absolute atomic E-state index is 0.0292. The number of carboxylic acids is 1. The monoisotopic (exact) mass is 1200 g/mol. The van der Waals surface area contributed by atoms with Crippen LogP contribution in [0.1, 0.15) is 10.4 Å². The Hall–Kier alpha value is -7.28. The van der Waals surface area contributed by atoms with Gasteiger partial charge in [0.25, 0.3) is 20.2 Å². The van der Waals surface area contributed by atoms with Crippen LogP contribution in [0.4, 0.5) is 38.9 Å². The molecule has 16 N–H and O–H groups in total. The number of carbonyl (C=O) groups excluding carboxylic acids is 1. The fraction of sp³-hybridized carbons (Fsp3) is 0.346. The maximum atomic E-state index is 13.0. The number of carbonyl (C=O) groups is 2. The molecule has 0 bridgehead atoms. The third-order valence-corrected chi connectivity index (χ3v) is 13.1. The molecule has 0 aliphatic heterocycles. The zero-order valence-corrected chi connectivity index (χ0v) is 46.3. The van der Waals surface area contributed by atoms with Crippen LogP contribution in [0.15, 0.2) is 133 Å². The predicted octanol–water partition coefficient (Wildman–Crippen LogP) is 2.87. The molecule has 454 valence electrons. The number of carboxylic acid groups (broad SMARTS) is 1. The zero-order chi connectivity index (χ0) is 61.5. The summed E-state index contributed by atoms with van der Waals surface area (Å²) in [6.45, 7) is 5.26. The second-order valence-corrected chi connectivity index (χ2v) is 19.9. The van der Waals surface area contributed by atoms with E-state index in [4.69, 9.17) is 51.1 Å². The van der Waals surface area contributed by atoms with Gasteiger partial charge in [-0.1, -0.05) is 18.2 Å². The van der Waals surface area contributed by atoms with Gasteiger partial charge in [0.2, 0.25) is 0 Å². The van der Waals surface area contributed by atoms with Crippen LogP contribution >= 0.6 is 0 Å². The minimum atomic E-state index is -4.97. The molecule has 0 spiro atoms. The van der Waals surface area contributed by atoms with Crippen LogP contribution in [0.2, 0.25) is 0 Å². The van der Waals surface area contributed by atoms with Crippen LogP contribution in [0.5, 0.6) is 11.5 Å². The normalized spacial score (nSPS) is 11.6. The van der Waals surface area contributed by atoms with Gasteiger partial charge in [-0.05, 0) is 95.7 Å². The Morgan fingerprint density at radius 3 is 1.02 bits per heavy atom. The van der Waals surface area contributed by atoms with Crippen LogP contribution in [0.3, 0.4) is 0 Å². The van der Waals surface area contributed by atoms with Gasteiger partial charge < -0.3 is 71.9 Å². The Kier molecular flexibility index (Phi) is 30.6. The molecule has 0 saturated heterocycles. The number of hydrogen-bond donors (Lipinski definition) is 16. The van der Waals surface area contributed by atoms with Gasteiger partial charge in [-0.2, -0.15) is 27.1 Å². The number of azo groups is 2. The van der Waals surface area contributed by atoms with Gasteiger partial charge in [0, 0.05) is 81.1 Å². The number of nitrogens with one attached hydrogen (secondary N) is 2. The van der Waals surface area contributed by atoms with E-state index in [1.165, 1.54) is 60.7 Å². The summed E-state index contributed by atoms with van der Waals surface area (Å²) in [7, 11) is -9.87. The van der Waals surface area contributed by atoms with Crippen molar-refractivity contribution in [3.05, 3.63) is 109 Å². The summed E-state index contributed by atoms with van der Waals surface area (Å²) < 4.78 is 68.8. The number of phenolic OH excluding ortho intramolecular Hbond substituents is 2. The number of anilines is 2. The first-order valence-electron chi connectivity index (χ1n) is 25.1. The van der Waals surface area contributed by atoms with Crippen molar-refractivity contribution in [1.82, 2.24) is 14.7 Å². The summed E-state index contributed by atoms with van der Waals surface area (Å²) in [6.07, 6.45) is 0. The average molecular weight is 1200 g/mol. The summed E-state index contributed by atoms with van der Waals surface area (Å²) >= 11 is 0. The lowest BCUT2D eigenvalue weighted by molar-refractivity contribution is 0.0696. The molecule has 0 heterocycles. The lowest BCUT2D eigenvalue weighted by Crippen LogP contribution is -2.32. The number of aromatic hydroxyl groups is 2. The fourth-order valence-corrected chi connectivity index (χ4v) is 8.71. The molecule has 0 aliphatic rings. The summed E-state index contributed by atoms with van der Waals surface area (Å²) in [4.78, 5) is 27.9. The number of hydrogen-bond acceptors (Lipinski definition) is 24. The first-order valence-corrected chi connectivity index (χ1v) is 28.0. The van der Waals surface area contributed by atoms with E-state index in [0.717, 1.165) is 12.1 Å². The average Bonchev–Trinajstić information content (AvgIpc) is 2.13. The third kappa shape index (κ3) is 23.5. The number of amides is 2. The van der Waals surface area contributed by atoms with Crippen molar-refractivity contribution >= 4 is 87.9 Å². The highest BCUT2D eigenvalue weighted by Gasteiger charge is 2.24. The largest absolute Gasteiger partial charge is 0.505 e. The van der Waals surface area contributed by atoms with E-state index in [-0.39, 0.29) is 104 Å². The van der Waals surface area contributed by atoms with E-state index in [9.17, 15) is 45.7 Å². The van der Waals surface area contributed by atoms with E-state index in [1.54, 1.807) is 45.0 Å². The van der Waals surface area contributed by atoms with Gasteiger partial charge in [-0.25, -0.2) is 9.59 Å². The van der Waals surface area contributed by atoms with Gasteiger partial charge in [0.05, 0.1) is 76.4 Å². The van der Waals surface area contributed by atoms with Crippen molar-refractivity contribution in [3.8, 4) is 11.5 Å². The Morgan fingerprint density at radius 1 is 0.422 bits per heavy atom. The van der Waals surface area contributed by atoms with Gasteiger partial charge in [-0.3, -0.25) is 23.8 Å². The molecule has 0 unspecified atom stereocenters. The number of benzene rings is 6. The van der Waals surface area contributed by atoms with Crippen molar-refractivity contribution < 1.29 is 96.8 Å². The number of aromatic carboxylic acids is 1. The molecule has 0 aliphatic carbocycles. The van der Waals surface area contributed by atoms with Crippen molar-refractivity contribution in [2.45, 2.75) is 9.79 Å². The first-order chi connectivity index (χ1) is 39.6. The topological polar surface area (TPSA) is 469 Å². The van der Waals surface area contributed by atoms with Gasteiger partial charge in [0.1, 0.15) is 21.2 Å². The SMILES string of the molecule is O=C(Nc1ccc2c(O)c(N=Nc3ccccc3)c(S(=O)(=O)O)cc2c1)Nc1ccc2c(O)c(N=Nc3ccc(C(=O)O)cc3)c(S(=O)(=O)O)cc2c1.OCCN(CCO)CCO.OCCN(CCO)CCO.OCCN(CCO)CCO. The van der Waals surface area contributed by atoms with Crippen LogP contribution < -0.4 is 10.6 Å². The molecule has 83 heavy (non-hydrogen) atoms. The molecule has 0 atom stereocenters. The minimum Gasteiger partial charge on any atom is -0.505 e. The Morgan fingerprint density at radius 2 is 0.735 bits per heavy atom. The number of nitrogens with zero attached hydrogens (tertiary/aromatic N) is 7. The molecule has 29 nitrogen and oxygen atoms in total. The molecule has 0 aromatic heterocycles. The smallest absolute Gasteiger partial charge is 0.335 e. The number of phenols is 2. The van der Waals surface area contributed by atoms with E-state index in [1.807, 2.05) is 0 Å². The van der Waals surface area contributed by atoms with Gasteiger partial charge in [-0.15, -0.1) is 10.2 Å². The van der Waals surface area contributed by atoms with Gasteiger partial charge >= 0.3 is 12.0 Å². The van der Waals surface area contributed by atoms with Crippen LogP contribution in [-0.4, -0.2) is 232 Å². The van der Waals surface area contributed by atoms with Crippen LogP contribution in [0, 0.1) is 0 Å². The van der Waals surface area contributed by atoms with Gasteiger partial charge in [0.15, 0.2) is 11.5 Å². The molecule has 0 saturated carbocycles. The number of fused-ring (bicyclic) bond motifs is 2. The number of aliphatic hydroxyl groups excluding tert-OH is 9. The van der Waals surface area contributed by atoms with E-state index < -0.39 is 64.9 Å².